The van der Waals surface area contributed by atoms with Gasteiger partial charge in [0.2, 0.25) is 0 Å². The lowest BCUT2D eigenvalue weighted by atomic mass is 10.2. The van der Waals surface area contributed by atoms with Crippen LogP contribution in [0.1, 0.15) is 26.7 Å². The van der Waals surface area contributed by atoms with Gasteiger partial charge in [-0.15, -0.1) is 0 Å². The average molecular weight is 145 g/mol. The molecule has 3 heteroatoms. The van der Waals surface area contributed by atoms with Gasteiger partial charge in [0, 0.05) is 0 Å². The van der Waals surface area contributed by atoms with Gasteiger partial charge in [0.15, 0.2) is 0 Å². The van der Waals surface area contributed by atoms with Crippen LogP contribution < -0.4 is 5.73 Å². The number of nitrogens with two attached hydrogens (primary N) is 1. The molecule has 0 aliphatic rings. The van der Waals surface area contributed by atoms with E-state index in [9.17, 15) is 4.79 Å². The van der Waals surface area contributed by atoms with Crippen LogP contribution in [0.2, 0.25) is 0 Å². The summed E-state index contributed by atoms with van der Waals surface area (Å²) in [6.07, 6.45) is 1.62. The third kappa shape index (κ3) is 3.45. The summed E-state index contributed by atoms with van der Waals surface area (Å²) in [7, 11) is 0. The monoisotopic (exact) mass is 145 g/mol. The second-order valence-electron chi connectivity index (χ2n) is 2.15. The molecule has 1 atom stereocenters. The van der Waals surface area contributed by atoms with E-state index in [1.807, 2.05) is 6.92 Å². The van der Waals surface area contributed by atoms with Gasteiger partial charge in [0.05, 0.1) is 6.61 Å². The average Bonchev–Trinajstić information content (AvgIpc) is 1.89. The van der Waals surface area contributed by atoms with E-state index in [4.69, 9.17) is 10.5 Å². The molecule has 0 aromatic rings. The van der Waals surface area contributed by atoms with Crippen molar-refractivity contribution in [2.75, 3.05) is 6.61 Å². The Morgan fingerprint density at radius 1 is 1.60 bits per heavy atom. The van der Waals surface area contributed by atoms with Crippen LogP contribution >= 0.6 is 0 Å². The molecule has 60 valence electrons. The minimum Gasteiger partial charge on any atom is -0.465 e. The van der Waals surface area contributed by atoms with Crippen LogP contribution in [-0.2, 0) is 9.53 Å². The van der Waals surface area contributed by atoms with Crippen LogP contribution in [0.3, 0.4) is 0 Å². The molecule has 0 aliphatic heterocycles. The van der Waals surface area contributed by atoms with E-state index in [0.717, 1.165) is 6.42 Å². The first-order valence-electron chi connectivity index (χ1n) is 3.64. The van der Waals surface area contributed by atoms with Gasteiger partial charge in [-0.05, 0) is 13.3 Å². The van der Waals surface area contributed by atoms with E-state index in [-0.39, 0.29) is 5.97 Å². The van der Waals surface area contributed by atoms with E-state index in [0.29, 0.717) is 13.0 Å². The molecule has 0 amide bonds. The van der Waals surface area contributed by atoms with Crippen LogP contribution in [0.5, 0.6) is 0 Å². The fourth-order valence-electron chi connectivity index (χ4n) is 0.678. The van der Waals surface area contributed by atoms with E-state index >= 15 is 0 Å². The summed E-state index contributed by atoms with van der Waals surface area (Å²) >= 11 is 0. The van der Waals surface area contributed by atoms with Gasteiger partial charge in [-0.2, -0.15) is 0 Å². The molecule has 0 bridgehead atoms. The van der Waals surface area contributed by atoms with Crippen molar-refractivity contribution in [1.82, 2.24) is 0 Å². The van der Waals surface area contributed by atoms with Crippen molar-refractivity contribution in [1.29, 1.82) is 0 Å². The summed E-state index contributed by atoms with van der Waals surface area (Å²) in [6.45, 7) is 4.17. The molecule has 2 N–H and O–H groups in total. The highest BCUT2D eigenvalue weighted by Crippen LogP contribution is 1.95. The Morgan fingerprint density at radius 2 is 2.20 bits per heavy atom. The fourth-order valence-corrected chi connectivity index (χ4v) is 0.678. The molecule has 0 rings (SSSR count). The largest absolute Gasteiger partial charge is 0.465 e. The molecule has 0 aliphatic carbocycles. The molecule has 0 saturated carbocycles. The highest BCUT2D eigenvalue weighted by atomic mass is 16.5. The number of hydrogen-bond donors (Lipinski definition) is 1. The summed E-state index contributed by atoms with van der Waals surface area (Å²) in [5.74, 6) is -0.288. The van der Waals surface area contributed by atoms with E-state index in [2.05, 4.69) is 0 Å². The van der Waals surface area contributed by atoms with Crippen molar-refractivity contribution in [2.45, 2.75) is 32.7 Å². The Labute approximate surface area is 61.5 Å². The molecular weight excluding hydrogens is 130 g/mol. The van der Waals surface area contributed by atoms with Crippen LogP contribution in [0.25, 0.3) is 0 Å². The van der Waals surface area contributed by atoms with E-state index in [1.165, 1.54) is 0 Å². The lowest BCUT2D eigenvalue weighted by Crippen LogP contribution is -2.31. The van der Waals surface area contributed by atoms with Gasteiger partial charge >= 0.3 is 5.97 Å². The molecule has 0 saturated heterocycles. The molecule has 0 aromatic carbocycles. The van der Waals surface area contributed by atoms with Crippen molar-refractivity contribution in [2.24, 2.45) is 5.73 Å². The SMILES string of the molecule is CCCC(N)C(=O)OCC. The highest BCUT2D eigenvalue weighted by molar-refractivity contribution is 5.75. The summed E-state index contributed by atoms with van der Waals surface area (Å²) in [6, 6.07) is -0.426. The van der Waals surface area contributed by atoms with E-state index < -0.39 is 6.04 Å². The summed E-state index contributed by atoms with van der Waals surface area (Å²) < 4.78 is 4.69. The van der Waals surface area contributed by atoms with Crippen molar-refractivity contribution in [3.63, 3.8) is 0 Å². The molecular formula is C7H15NO2. The van der Waals surface area contributed by atoms with Gasteiger partial charge in [-0.3, -0.25) is 4.79 Å². The highest BCUT2D eigenvalue weighted by Gasteiger charge is 2.11. The first-order valence-corrected chi connectivity index (χ1v) is 3.64. The third-order valence-corrected chi connectivity index (χ3v) is 1.19. The first-order chi connectivity index (χ1) is 4.72. The van der Waals surface area contributed by atoms with Gasteiger partial charge in [-0.25, -0.2) is 0 Å². The normalized spacial score (nSPS) is 12.7. The zero-order valence-corrected chi connectivity index (χ0v) is 6.59. The van der Waals surface area contributed by atoms with Crippen LogP contribution in [-0.4, -0.2) is 18.6 Å². The lowest BCUT2D eigenvalue weighted by molar-refractivity contribution is -0.144. The number of esters is 1. The maximum Gasteiger partial charge on any atom is 0.322 e. The maximum atomic E-state index is 10.8. The summed E-state index contributed by atoms with van der Waals surface area (Å²) in [5.41, 5.74) is 5.44. The molecule has 0 radical (unpaired) electrons. The smallest absolute Gasteiger partial charge is 0.322 e. The van der Waals surface area contributed by atoms with Crippen molar-refractivity contribution < 1.29 is 9.53 Å². The zero-order valence-electron chi connectivity index (χ0n) is 6.59. The quantitative estimate of drug-likeness (QED) is 0.592. The fraction of sp³-hybridized carbons (Fsp3) is 0.857. The Kier molecular flexibility index (Phi) is 4.94. The number of rotatable bonds is 4. The topological polar surface area (TPSA) is 52.3 Å². The molecule has 0 aromatic heterocycles. The molecule has 0 heterocycles. The third-order valence-electron chi connectivity index (χ3n) is 1.19. The Balaban J connectivity index is 3.49. The number of carbonyl (C=O) groups is 1. The van der Waals surface area contributed by atoms with Crippen molar-refractivity contribution >= 4 is 5.97 Å². The Morgan fingerprint density at radius 3 is 2.60 bits per heavy atom. The minimum atomic E-state index is -0.426. The minimum absolute atomic E-state index is 0.288. The zero-order chi connectivity index (χ0) is 7.98. The summed E-state index contributed by atoms with van der Waals surface area (Å²) in [4.78, 5) is 10.8. The predicted octanol–water partition coefficient (Wildman–Crippen LogP) is 0.677. The number of carbonyl (C=O) groups excluding carboxylic acids is 1. The van der Waals surface area contributed by atoms with Gasteiger partial charge in [0.25, 0.3) is 0 Å². The van der Waals surface area contributed by atoms with Gasteiger partial charge in [0.1, 0.15) is 6.04 Å². The van der Waals surface area contributed by atoms with E-state index in [1.54, 1.807) is 6.92 Å². The van der Waals surface area contributed by atoms with Gasteiger partial charge in [-0.1, -0.05) is 13.3 Å². The second-order valence-corrected chi connectivity index (χ2v) is 2.15. The molecule has 3 nitrogen and oxygen atoms in total. The summed E-state index contributed by atoms with van der Waals surface area (Å²) in [5, 5.41) is 0. The molecule has 0 fully saturated rings. The lowest BCUT2D eigenvalue weighted by Gasteiger charge is -2.07. The van der Waals surface area contributed by atoms with Gasteiger partial charge < -0.3 is 10.5 Å². The standard InChI is InChI=1S/C7H15NO2/c1-3-5-6(8)7(9)10-4-2/h6H,3-5,8H2,1-2H3. The second kappa shape index (κ2) is 5.23. The van der Waals surface area contributed by atoms with Crippen LogP contribution in [0, 0.1) is 0 Å². The van der Waals surface area contributed by atoms with Crippen molar-refractivity contribution in [3.05, 3.63) is 0 Å². The maximum absolute atomic E-state index is 10.8. The molecule has 0 spiro atoms. The Hall–Kier alpha value is -0.570. The number of hydrogen-bond acceptors (Lipinski definition) is 3. The van der Waals surface area contributed by atoms with Crippen LogP contribution in [0.4, 0.5) is 0 Å². The van der Waals surface area contributed by atoms with Crippen LogP contribution in [0.15, 0.2) is 0 Å². The predicted molar refractivity (Wildman–Crippen MR) is 39.5 cm³/mol. The molecule has 1 unspecified atom stereocenters. The Bertz CT molecular complexity index is 104. The van der Waals surface area contributed by atoms with Crippen molar-refractivity contribution in [3.8, 4) is 0 Å². The number of ether oxygens (including phenoxy) is 1. The molecule has 10 heavy (non-hydrogen) atoms. The first kappa shape index (κ1) is 9.43.